The van der Waals surface area contributed by atoms with Crippen molar-refractivity contribution in [3.63, 3.8) is 0 Å². The molecule has 1 amide bonds. The lowest BCUT2D eigenvalue weighted by Gasteiger charge is -2.27. The Bertz CT molecular complexity index is 976. The maximum Gasteiger partial charge on any atom is 0.227 e. The van der Waals surface area contributed by atoms with Crippen molar-refractivity contribution in [3.05, 3.63) is 52.6 Å². The van der Waals surface area contributed by atoms with Crippen LogP contribution >= 0.6 is 0 Å². The van der Waals surface area contributed by atoms with Gasteiger partial charge in [-0.25, -0.2) is 0 Å². The van der Waals surface area contributed by atoms with E-state index in [0.29, 0.717) is 0 Å². The molecular weight excluding hydrogens is 448 g/mol. The van der Waals surface area contributed by atoms with Gasteiger partial charge in [-0.2, -0.15) is 0 Å². The molecular formula is C31H48N2O3. The quantitative estimate of drug-likeness (QED) is 0.381. The number of anilines is 2. The summed E-state index contributed by atoms with van der Waals surface area (Å²) < 4.78 is 5.29. The Kier molecular flexibility index (Phi) is 13.9. The predicted octanol–water partition coefficient (Wildman–Crippen LogP) is 7.99. The van der Waals surface area contributed by atoms with Crippen LogP contribution in [0.3, 0.4) is 0 Å². The molecule has 5 heteroatoms. The summed E-state index contributed by atoms with van der Waals surface area (Å²) in [5.74, 6) is 2.11. The highest BCUT2D eigenvalue weighted by atomic mass is 16.5. The maximum absolute atomic E-state index is 12.3. The fourth-order valence-electron chi connectivity index (χ4n) is 4.72. The van der Waals surface area contributed by atoms with Crippen LogP contribution in [0.25, 0.3) is 0 Å². The second kappa shape index (κ2) is 16.0. The monoisotopic (exact) mass is 496 g/mol. The Hall–Kier alpha value is -2.82. The first-order valence-electron chi connectivity index (χ1n) is 13.5. The van der Waals surface area contributed by atoms with Crippen molar-refractivity contribution in [3.8, 4) is 5.75 Å². The summed E-state index contributed by atoms with van der Waals surface area (Å²) in [7, 11) is 3.52. The largest absolute Gasteiger partial charge is 0.496 e. The molecule has 200 valence electrons. The van der Waals surface area contributed by atoms with Gasteiger partial charge in [-0.3, -0.25) is 9.59 Å². The Morgan fingerprint density at radius 3 is 2.08 bits per heavy atom. The lowest BCUT2D eigenvalue weighted by atomic mass is 9.80. The Morgan fingerprint density at radius 1 is 0.944 bits per heavy atom. The molecule has 2 aromatic carbocycles. The summed E-state index contributed by atoms with van der Waals surface area (Å²) in [5, 5.41) is 6.09. The number of aryl methyl sites for hydroxylation is 2. The molecule has 36 heavy (non-hydrogen) atoms. The smallest absolute Gasteiger partial charge is 0.227 e. The molecule has 1 fully saturated rings. The fraction of sp³-hybridized carbons (Fsp3) is 0.548. The van der Waals surface area contributed by atoms with Gasteiger partial charge in [0, 0.05) is 36.0 Å². The molecule has 0 atom stereocenters. The standard InChI is InChI=1S/C17H25NO2.C12H17NO.C2H6/c1-4-13-6-8-14(9-7-13)17(19)18-15-10-5-12(2)16(11-15)20-3;1-5-11-8(2)6-10(13-4)7-12(11)9(3)14;1-2/h5,10-11,13-14H,4,6-9H2,1-3H3,(H,18,19);6-7,13H,5H2,1-4H3;1-2H3. The number of hydrogen-bond donors (Lipinski definition) is 2. The van der Waals surface area contributed by atoms with Crippen molar-refractivity contribution in [2.45, 2.75) is 87.0 Å². The number of hydrogen-bond acceptors (Lipinski definition) is 4. The minimum absolute atomic E-state index is 0.141. The highest BCUT2D eigenvalue weighted by molar-refractivity contribution is 5.97. The van der Waals surface area contributed by atoms with Gasteiger partial charge in [0.15, 0.2) is 5.78 Å². The number of ketones is 1. The number of carbonyl (C=O) groups excluding carboxylic acids is 2. The molecule has 0 aromatic heterocycles. The number of ether oxygens (including phenoxy) is 1. The summed E-state index contributed by atoms with van der Waals surface area (Å²) >= 11 is 0. The van der Waals surface area contributed by atoms with E-state index in [1.54, 1.807) is 14.0 Å². The van der Waals surface area contributed by atoms with Gasteiger partial charge in [-0.05, 0) is 93.7 Å². The van der Waals surface area contributed by atoms with Crippen LogP contribution in [0.15, 0.2) is 30.3 Å². The third-order valence-corrected chi connectivity index (χ3v) is 6.96. The number of carbonyl (C=O) groups is 2. The first kappa shape index (κ1) is 31.2. The summed E-state index contributed by atoms with van der Waals surface area (Å²) in [6, 6.07) is 9.81. The normalized spacial score (nSPS) is 16.5. The van der Waals surface area contributed by atoms with Crippen LogP contribution < -0.4 is 15.4 Å². The molecule has 1 aliphatic carbocycles. The fourth-order valence-corrected chi connectivity index (χ4v) is 4.72. The van der Waals surface area contributed by atoms with Crippen molar-refractivity contribution >= 4 is 23.1 Å². The van der Waals surface area contributed by atoms with Crippen LogP contribution in [-0.2, 0) is 11.2 Å². The van der Waals surface area contributed by atoms with E-state index in [-0.39, 0.29) is 17.6 Å². The van der Waals surface area contributed by atoms with Crippen molar-refractivity contribution < 1.29 is 14.3 Å². The van der Waals surface area contributed by atoms with E-state index in [0.717, 1.165) is 59.0 Å². The third kappa shape index (κ3) is 9.00. The van der Waals surface area contributed by atoms with Crippen molar-refractivity contribution in [2.75, 3.05) is 24.8 Å². The van der Waals surface area contributed by atoms with Crippen molar-refractivity contribution in [1.82, 2.24) is 0 Å². The van der Waals surface area contributed by atoms with E-state index in [4.69, 9.17) is 4.74 Å². The maximum atomic E-state index is 12.3. The molecule has 0 saturated heterocycles. The number of rotatable bonds is 7. The van der Waals surface area contributed by atoms with E-state index >= 15 is 0 Å². The highest BCUT2D eigenvalue weighted by Crippen LogP contribution is 2.32. The Morgan fingerprint density at radius 2 is 1.58 bits per heavy atom. The van der Waals surface area contributed by atoms with E-state index in [9.17, 15) is 9.59 Å². The first-order valence-corrected chi connectivity index (χ1v) is 13.5. The van der Waals surface area contributed by atoms with Crippen LogP contribution in [0.1, 0.15) is 93.8 Å². The first-order chi connectivity index (χ1) is 17.2. The lowest BCUT2D eigenvalue weighted by Crippen LogP contribution is -2.27. The third-order valence-electron chi connectivity index (χ3n) is 6.96. The van der Waals surface area contributed by atoms with E-state index in [1.165, 1.54) is 24.8 Å². The van der Waals surface area contributed by atoms with E-state index in [1.807, 2.05) is 59.0 Å². The van der Waals surface area contributed by atoms with Gasteiger partial charge >= 0.3 is 0 Å². The minimum Gasteiger partial charge on any atom is -0.496 e. The molecule has 3 rings (SSSR count). The molecule has 2 N–H and O–H groups in total. The van der Waals surface area contributed by atoms with Gasteiger partial charge in [0.1, 0.15) is 5.75 Å². The summed E-state index contributed by atoms with van der Waals surface area (Å²) in [6.45, 7) is 14.0. The Balaban J connectivity index is 0.000000356. The summed E-state index contributed by atoms with van der Waals surface area (Å²) in [4.78, 5) is 23.7. The molecule has 0 spiro atoms. The number of benzene rings is 2. The zero-order valence-corrected chi connectivity index (χ0v) is 24.0. The molecule has 0 radical (unpaired) electrons. The minimum atomic E-state index is 0.141. The number of methoxy groups -OCH3 is 1. The number of amides is 1. The zero-order valence-electron chi connectivity index (χ0n) is 24.0. The van der Waals surface area contributed by atoms with E-state index < -0.39 is 0 Å². The lowest BCUT2D eigenvalue weighted by molar-refractivity contribution is -0.121. The van der Waals surface area contributed by atoms with Crippen LogP contribution in [-0.4, -0.2) is 25.8 Å². The summed E-state index contributed by atoms with van der Waals surface area (Å²) in [5.41, 5.74) is 6.10. The van der Waals surface area contributed by atoms with Gasteiger partial charge in [0.05, 0.1) is 7.11 Å². The molecule has 0 heterocycles. The highest BCUT2D eigenvalue weighted by Gasteiger charge is 2.25. The molecule has 1 aliphatic rings. The van der Waals surface area contributed by atoms with Gasteiger partial charge in [-0.1, -0.05) is 40.2 Å². The molecule has 1 saturated carbocycles. The van der Waals surface area contributed by atoms with Crippen molar-refractivity contribution in [1.29, 1.82) is 0 Å². The molecule has 0 bridgehead atoms. The van der Waals surface area contributed by atoms with Gasteiger partial charge in [0.2, 0.25) is 5.91 Å². The van der Waals surface area contributed by atoms with Gasteiger partial charge < -0.3 is 15.4 Å². The second-order valence-electron chi connectivity index (χ2n) is 9.28. The molecule has 0 unspecified atom stereocenters. The van der Waals surface area contributed by atoms with Crippen LogP contribution in [0, 0.1) is 25.7 Å². The van der Waals surface area contributed by atoms with E-state index in [2.05, 4.69) is 30.5 Å². The molecule has 0 aliphatic heterocycles. The molecule has 5 nitrogen and oxygen atoms in total. The van der Waals surface area contributed by atoms with Crippen LogP contribution in [0.2, 0.25) is 0 Å². The van der Waals surface area contributed by atoms with Gasteiger partial charge in [-0.15, -0.1) is 0 Å². The van der Waals surface area contributed by atoms with Crippen LogP contribution in [0.5, 0.6) is 5.75 Å². The van der Waals surface area contributed by atoms with Crippen LogP contribution in [0.4, 0.5) is 11.4 Å². The topological polar surface area (TPSA) is 67.4 Å². The average molecular weight is 497 g/mol. The second-order valence-corrected chi connectivity index (χ2v) is 9.28. The average Bonchev–Trinajstić information content (AvgIpc) is 2.90. The van der Waals surface area contributed by atoms with Gasteiger partial charge in [0.25, 0.3) is 0 Å². The Labute approximate surface area is 219 Å². The summed E-state index contributed by atoms with van der Waals surface area (Å²) in [6.07, 6.45) is 6.56. The number of Topliss-reactive ketones (excluding diaryl/α,β-unsaturated/α-hetero) is 1. The SMILES string of the molecule is CC.CCC1CCC(C(=O)Nc2ccc(C)c(OC)c2)CC1.CCc1c(C)cc(NC)cc1C(C)=O. The van der Waals surface area contributed by atoms with Crippen molar-refractivity contribution in [2.24, 2.45) is 11.8 Å². The zero-order chi connectivity index (χ0) is 27.3. The molecule has 2 aromatic rings. The predicted molar refractivity (Wildman–Crippen MR) is 154 cm³/mol. The number of nitrogens with one attached hydrogen (secondary N) is 2.